The lowest BCUT2D eigenvalue weighted by molar-refractivity contribution is -0.156. The van der Waals surface area contributed by atoms with Crippen LogP contribution < -0.4 is 5.32 Å². The number of nitrogens with one attached hydrogen (secondary N) is 1. The van der Waals surface area contributed by atoms with Crippen molar-refractivity contribution in [3.63, 3.8) is 0 Å². The van der Waals surface area contributed by atoms with E-state index in [0.29, 0.717) is 19.6 Å². The van der Waals surface area contributed by atoms with Gasteiger partial charge in [-0.15, -0.1) is 0 Å². The molecule has 3 heterocycles. The second-order valence-corrected chi connectivity index (χ2v) is 8.57. The van der Waals surface area contributed by atoms with E-state index in [-0.39, 0.29) is 35.8 Å². The van der Waals surface area contributed by atoms with Crippen LogP contribution in [0.3, 0.4) is 0 Å². The molecular formula is C24H27FN2O3. The zero-order valence-corrected chi connectivity index (χ0v) is 16.8. The number of fused-ring (bicyclic) bond motifs is 2. The number of carbonyl (C=O) groups excluding carboxylic acids is 1. The van der Waals surface area contributed by atoms with Gasteiger partial charge in [0.1, 0.15) is 11.9 Å². The van der Waals surface area contributed by atoms with E-state index < -0.39 is 6.10 Å². The number of piperidine rings is 1. The standard InChI is InChI=1S/C24H27FN2O3/c25-17-7-5-16(6-8-17)23-18-4-2-1-3-15(18)10-12-27(23)24(29)22-13-20-19(14-30-22)21(28)9-11-26-20/h1-8,19-23,26,28H,9-14H2/t19-,20-,21-,22+,23-/m0/s1. The van der Waals surface area contributed by atoms with Gasteiger partial charge in [-0.2, -0.15) is 0 Å². The molecule has 3 aliphatic rings. The van der Waals surface area contributed by atoms with Gasteiger partial charge in [-0.3, -0.25) is 4.79 Å². The summed E-state index contributed by atoms with van der Waals surface area (Å²) < 4.78 is 19.5. The second-order valence-electron chi connectivity index (χ2n) is 8.57. The van der Waals surface area contributed by atoms with Crippen LogP contribution in [-0.4, -0.2) is 53.9 Å². The Kier molecular flexibility index (Phi) is 5.31. The van der Waals surface area contributed by atoms with Crippen molar-refractivity contribution in [1.82, 2.24) is 10.2 Å². The average molecular weight is 410 g/mol. The summed E-state index contributed by atoms with van der Waals surface area (Å²) in [5.41, 5.74) is 3.21. The molecule has 3 aliphatic heterocycles. The Morgan fingerprint density at radius 3 is 2.80 bits per heavy atom. The van der Waals surface area contributed by atoms with E-state index in [2.05, 4.69) is 17.4 Å². The maximum absolute atomic E-state index is 13.6. The SMILES string of the molecule is O=C([C@H]1C[C@@H]2NCC[C@H](O)[C@H]2CO1)N1CCc2ccccc2[C@@H]1c1ccc(F)cc1. The lowest BCUT2D eigenvalue weighted by Crippen LogP contribution is -2.58. The van der Waals surface area contributed by atoms with Crippen LogP contribution in [0.25, 0.3) is 0 Å². The maximum atomic E-state index is 13.6. The molecule has 2 aromatic carbocycles. The van der Waals surface area contributed by atoms with Crippen LogP contribution in [0.1, 0.15) is 35.6 Å². The average Bonchev–Trinajstić information content (AvgIpc) is 2.78. The molecule has 6 heteroatoms. The molecule has 0 aromatic heterocycles. The molecular weight excluding hydrogens is 383 g/mol. The first-order chi connectivity index (χ1) is 14.6. The Bertz CT molecular complexity index is 919. The minimum atomic E-state index is -0.530. The predicted octanol–water partition coefficient (Wildman–Crippen LogP) is 2.43. The van der Waals surface area contributed by atoms with Crippen molar-refractivity contribution in [3.05, 3.63) is 71.0 Å². The highest BCUT2D eigenvalue weighted by Gasteiger charge is 2.43. The van der Waals surface area contributed by atoms with Crippen LogP contribution in [0.2, 0.25) is 0 Å². The number of hydrogen-bond acceptors (Lipinski definition) is 4. The zero-order valence-electron chi connectivity index (χ0n) is 16.8. The van der Waals surface area contributed by atoms with Crippen LogP contribution in [0.15, 0.2) is 48.5 Å². The monoisotopic (exact) mass is 410 g/mol. The van der Waals surface area contributed by atoms with Gasteiger partial charge in [-0.1, -0.05) is 36.4 Å². The molecule has 2 fully saturated rings. The van der Waals surface area contributed by atoms with E-state index in [9.17, 15) is 14.3 Å². The lowest BCUT2D eigenvalue weighted by Gasteiger charge is -2.44. The topological polar surface area (TPSA) is 61.8 Å². The summed E-state index contributed by atoms with van der Waals surface area (Å²) in [7, 11) is 0. The van der Waals surface area contributed by atoms with Gasteiger partial charge in [0.2, 0.25) is 0 Å². The van der Waals surface area contributed by atoms with Gasteiger partial charge in [0, 0.05) is 18.5 Å². The number of carbonyl (C=O) groups is 1. The molecule has 2 N–H and O–H groups in total. The van der Waals surface area contributed by atoms with Crippen molar-refractivity contribution >= 4 is 5.91 Å². The molecule has 158 valence electrons. The van der Waals surface area contributed by atoms with Crippen LogP contribution >= 0.6 is 0 Å². The van der Waals surface area contributed by atoms with Crippen LogP contribution in [-0.2, 0) is 16.0 Å². The van der Waals surface area contributed by atoms with E-state index in [1.807, 2.05) is 17.0 Å². The summed E-state index contributed by atoms with van der Waals surface area (Å²) in [6.45, 7) is 1.75. The smallest absolute Gasteiger partial charge is 0.252 e. The van der Waals surface area contributed by atoms with Gasteiger partial charge in [0.25, 0.3) is 5.91 Å². The molecule has 2 aromatic rings. The Morgan fingerprint density at radius 1 is 1.17 bits per heavy atom. The fourth-order valence-corrected chi connectivity index (χ4v) is 5.23. The summed E-state index contributed by atoms with van der Waals surface area (Å²) >= 11 is 0. The number of hydrogen-bond donors (Lipinski definition) is 2. The first-order valence-electron chi connectivity index (χ1n) is 10.8. The van der Waals surface area contributed by atoms with Crippen molar-refractivity contribution in [2.24, 2.45) is 5.92 Å². The number of halogens is 1. The third-order valence-corrected chi connectivity index (χ3v) is 6.84. The number of aliphatic hydroxyl groups excluding tert-OH is 1. The first kappa shape index (κ1) is 19.7. The minimum absolute atomic E-state index is 0.0286. The fourth-order valence-electron chi connectivity index (χ4n) is 5.23. The van der Waals surface area contributed by atoms with E-state index >= 15 is 0 Å². The van der Waals surface area contributed by atoms with E-state index in [1.54, 1.807) is 12.1 Å². The maximum Gasteiger partial charge on any atom is 0.252 e. The Morgan fingerprint density at radius 2 is 1.97 bits per heavy atom. The Balaban J connectivity index is 1.43. The summed E-state index contributed by atoms with van der Waals surface area (Å²) in [6, 6.07) is 14.4. The highest BCUT2D eigenvalue weighted by atomic mass is 19.1. The molecule has 1 amide bonds. The summed E-state index contributed by atoms with van der Waals surface area (Å²) in [5, 5.41) is 13.7. The highest BCUT2D eigenvalue weighted by Crippen LogP contribution is 2.37. The van der Waals surface area contributed by atoms with Crippen molar-refractivity contribution < 1.29 is 19.0 Å². The van der Waals surface area contributed by atoms with E-state index in [4.69, 9.17) is 4.74 Å². The third-order valence-electron chi connectivity index (χ3n) is 6.84. The molecule has 2 saturated heterocycles. The summed E-state index contributed by atoms with van der Waals surface area (Å²) in [4.78, 5) is 15.5. The number of ether oxygens (including phenoxy) is 1. The Hall–Kier alpha value is -2.28. The van der Waals surface area contributed by atoms with Crippen molar-refractivity contribution in [2.75, 3.05) is 19.7 Å². The molecule has 0 bridgehead atoms. The molecule has 0 spiro atoms. The number of nitrogens with zero attached hydrogens (tertiary/aromatic N) is 1. The van der Waals surface area contributed by atoms with Crippen LogP contribution in [0, 0.1) is 11.7 Å². The Labute approximate surface area is 175 Å². The number of rotatable bonds is 2. The van der Waals surface area contributed by atoms with E-state index in [1.165, 1.54) is 17.7 Å². The molecule has 5 rings (SSSR count). The van der Waals surface area contributed by atoms with Crippen LogP contribution in [0.5, 0.6) is 0 Å². The van der Waals surface area contributed by atoms with Gasteiger partial charge in [0.15, 0.2) is 0 Å². The van der Waals surface area contributed by atoms with Crippen LogP contribution in [0.4, 0.5) is 4.39 Å². The first-order valence-corrected chi connectivity index (χ1v) is 10.8. The van der Waals surface area contributed by atoms with Gasteiger partial charge in [-0.05, 0) is 54.6 Å². The fraction of sp³-hybridized carbons (Fsp3) is 0.458. The number of benzene rings is 2. The van der Waals surface area contributed by atoms with Crippen molar-refractivity contribution in [1.29, 1.82) is 0 Å². The van der Waals surface area contributed by atoms with Crippen molar-refractivity contribution in [2.45, 2.75) is 43.6 Å². The molecule has 0 aliphatic carbocycles. The van der Waals surface area contributed by atoms with Gasteiger partial charge in [-0.25, -0.2) is 4.39 Å². The summed E-state index contributed by atoms with van der Waals surface area (Å²) in [5.74, 6) is -0.277. The highest BCUT2D eigenvalue weighted by molar-refractivity contribution is 5.82. The van der Waals surface area contributed by atoms with Gasteiger partial charge < -0.3 is 20.1 Å². The lowest BCUT2D eigenvalue weighted by atomic mass is 9.83. The molecule has 30 heavy (non-hydrogen) atoms. The molecule has 0 unspecified atom stereocenters. The van der Waals surface area contributed by atoms with Gasteiger partial charge in [0.05, 0.1) is 18.8 Å². The minimum Gasteiger partial charge on any atom is -0.393 e. The molecule has 0 radical (unpaired) electrons. The molecule has 0 saturated carbocycles. The number of aliphatic hydroxyl groups is 1. The summed E-state index contributed by atoms with van der Waals surface area (Å²) in [6.07, 6.45) is 1.17. The third kappa shape index (κ3) is 3.53. The van der Waals surface area contributed by atoms with Crippen molar-refractivity contribution in [3.8, 4) is 0 Å². The quantitative estimate of drug-likeness (QED) is 0.798. The predicted molar refractivity (Wildman–Crippen MR) is 110 cm³/mol. The normalized spacial score (nSPS) is 31.0. The number of amides is 1. The molecule has 5 nitrogen and oxygen atoms in total. The second kappa shape index (κ2) is 8.10. The van der Waals surface area contributed by atoms with Gasteiger partial charge >= 0.3 is 0 Å². The van der Waals surface area contributed by atoms with E-state index in [0.717, 1.165) is 30.5 Å². The largest absolute Gasteiger partial charge is 0.393 e. The zero-order chi connectivity index (χ0) is 20.7. The molecule has 5 atom stereocenters.